The zero-order valence-corrected chi connectivity index (χ0v) is 12.4. The van der Waals surface area contributed by atoms with Crippen LogP contribution in [0, 0.1) is 12.7 Å². The van der Waals surface area contributed by atoms with Gasteiger partial charge in [-0.3, -0.25) is 0 Å². The van der Waals surface area contributed by atoms with E-state index in [1.54, 1.807) is 19.1 Å². The van der Waals surface area contributed by atoms with Crippen molar-refractivity contribution < 1.29 is 14.3 Å². The van der Waals surface area contributed by atoms with Crippen LogP contribution in [0.1, 0.15) is 39.8 Å². The van der Waals surface area contributed by atoms with Gasteiger partial charge in [0.15, 0.2) is 0 Å². The Morgan fingerprint density at radius 2 is 1.95 bits per heavy atom. The predicted molar refractivity (Wildman–Crippen MR) is 76.9 cm³/mol. The number of aromatic nitrogens is 1. The summed E-state index contributed by atoms with van der Waals surface area (Å²) in [6.45, 7) is 5.73. The van der Waals surface area contributed by atoms with Crippen molar-refractivity contribution in [3.8, 4) is 0 Å². The Kier molecular flexibility index (Phi) is 3.90. The molecule has 0 aliphatic rings. The van der Waals surface area contributed by atoms with Crippen LogP contribution < -0.4 is 0 Å². The predicted octanol–water partition coefficient (Wildman–Crippen LogP) is 3.81. The van der Waals surface area contributed by atoms with Crippen molar-refractivity contribution in [2.45, 2.75) is 32.6 Å². The second-order valence-corrected chi connectivity index (χ2v) is 6.42. The van der Waals surface area contributed by atoms with E-state index in [-0.39, 0.29) is 16.1 Å². The molecule has 2 aromatic rings. The van der Waals surface area contributed by atoms with Crippen LogP contribution in [-0.2, 0) is 11.8 Å². The van der Waals surface area contributed by atoms with E-state index < -0.39 is 5.97 Å². The zero-order chi connectivity index (χ0) is 14.9. The van der Waals surface area contributed by atoms with Gasteiger partial charge in [0.05, 0.1) is 10.7 Å². The number of hydrogen-bond acceptors (Lipinski definition) is 3. The molecule has 0 spiro atoms. The molecule has 0 radical (unpaired) electrons. The maximum atomic E-state index is 12.9. The summed E-state index contributed by atoms with van der Waals surface area (Å²) < 4.78 is 12.9. The largest absolute Gasteiger partial charge is 0.477 e. The highest BCUT2D eigenvalue weighted by atomic mass is 32.1. The molecule has 0 amide bonds. The van der Waals surface area contributed by atoms with Gasteiger partial charge in [-0.1, -0.05) is 26.0 Å². The van der Waals surface area contributed by atoms with Crippen molar-refractivity contribution in [3.63, 3.8) is 0 Å². The zero-order valence-electron chi connectivity index (χ0n) is 11.6. The van der Waals surface area contributed by atoms with Crippen LogP contribution >= 0.6 is 11.3 Å². The lowest BCUT2D eigenvalue weighted by molar-refractivity contribution is 0.0701. The molecule has 0 saturated carbocycles. The lowest BCUT2D eigenvalue weighted by Gasteiger charge is -2.22. The molecular formula is C15H16FNO2S. The smallest absolute Gasteiger partial charge is 0.347 e. The highest BCUT2D eigenvalue weighted by Crippen LogP contribution is 2.32. The van der Waals surface area contributed by atoms with E-state index in [1.807, 2.05) is 13.8 Å². The lowest BCUT2D eigenvalue weighted by Crippen LogP contribution is -2.20. The van der Waals surface area contributed by atoms with Crippen molar-refractivity contribution in [1.82, 2.24) is 4.98 Å². The van der Waals surface area contributed by atoms with Gasteiger partial charge in [0, 0.05) is 5.41 Å². The van der Waals surface area contributed by atoms with Crippen LogP contribution in [0.2, 0.25) is 0 Å². The number of carboxylic acids is 1. The van der Waals surface area contributed by atoms with E-state index in [4.69, 9.17) is 5.11 Å². The van der Waals surface area contributed by atoms with Crippen LogP contribution in [-0.4, -0.2) is 16.1 Å². The van der Waals surface area contributed by atoms with Crippen molar-refractivity contribution in [1.29, 1.82) is 0 Å². The first kappa shape index (κ1) is 14.7. The number of benzene rings is 1. The fourth-order valence-corrected chi connectivity index (χ4v) is 3.08. The molecule has 0 aliphatic carbocycles. The Labute approximate surface area is 121 Å². The molecular weight excluding hydrogens is 277 g/mol. The lowest BCUT2D eigenvalue weighted by atomic mass is 9.86. The van der Waals surface area contributed by atoms with Gasteiger partial charge in [-0.2, -0.15) is 0 Å². The second kappa shape index (κ2) is 5.32. The summed E-state index contributed by atoms with van der Waals surface area (Å²) in [4.78, 5) is 15.8. The highest BCUT2D eigenvalue weighted by Gasteiger charge is 2.27. The van der Waals surface area contributed by atoms with Crippen molar-refractivity contribution >= 4 is 17.3 Å². The first-order chi connectivity index (χ1) is 9.29. The standard InChI is InChI=1S/C15H16FNO2S/c1-9-12(13(18)19)20-14(17-9)15(2,3)8-10-4-6-11(16)7-5-10/h4-7H,8H2,1-3H3,(H,18,19). The Bertz CT molecular complexity index is 632. The Morgan fingerprint density at radius 3 is 2.45 bits per heavy atom. The number of halogens is 1. The molecule has 5 heteroatoms. The number of aromatic carboxylic acids is 1. The van der Waals surface area contributed by atoms with Gasteiger partial charge in [0.25, 0.3) is 0 Å². The summed E-state index contributed by atoms with van der Waals surface area (Å²) in [6, 6.07) is 6.35. The SMILES string of the molecule is Cc1nc(C(C)(C)Cc2ccc(F)cc2)sc1C(=O)O. The van der Waals surface area contributed by atoms with Gasteiger partial charge in [0.2, 0.25) is 0 Å². The first-order valence-corrected chi connectivity index (χ1v) is 7.07. The van der Waals surface area contributed by atoms with Crippen LogP contribution in [0.3, 0.4) is 0 Å². The summed E-state index contributed by atoms with van der Waals surface area (Å²) in [5.41, 5.74) is 1.26. The highest BCUT2D eigenvalue weighted by molar-refractivity contribution is 7.13. The molecule has 0 saturated heterocycles. The van der Waals surface area contributed by atoms with E-state index in [1.165, 1.54) is 23.5 Å². The molecule has 0 fully saturated rings. The molecule has 20 heavy (non-hydrogen) atoms. The van der Waals surface area contributed by atoms with Crippen molar-refractivity contribution in [3.05, 3.63) is 51.2 Å². The van der Waals surface area contributed by atoms with E-state index >= 15 is 0 Å². The maximum absolute atomic E-state index is 12.9. The van der Waals surface area contributed by atoms with Crippen molar-refractivity contribution in [2.75, 3.05) is 0 Å². The van der Waals surface area contributed by atoms with E-state index in [0.717, 1.165) is 10.6 Å². The summed E-state index contributed by atoms with van der Waals surface area (Å²) in [7, 11) is 0. The normalized spacial score (nSPS) is 11.6. The third-order valence-corrected chi connectivity index (χ3v) is 4.64. The summed E-state index contributed by atoms with van der Waals surface area (Å²) >= 11 is 1.21. The minimum absolute atomic E-state index is 0.259. The number of thiazole rings is 1. The van der Waals surface area contributed by atoms with E-state index in [0.29, 0.717) is 12.1 Å². The van der Waals surface area contributed by atoms with Gasteiger partial charge >= 0.3 is 5.97 Å². The third kappa shape index (κ3) is 3.04. The van der Waals surface area contributed by atoms with Gasteiger partial charge in [-0.25, -0.2) is 14.2 Å². The quantitative estimate of drug-likeness (QED) is 0.932. The Hall–Kier alpha value is -1.75. The third-order valence-electron chi connectivity index (χ3n) is 3.13. The fourth-order valence-electron chi connectivity index (χ4n) is 2.07. The molecule has 1 aromatic heterocycles. The maximum Gasteiger partial charge on any atom is 0.347 e. The fraction of sp³-hybridized carbons (Fsp3) is 0.333. The monoisotopic (exact) mass is 293 g/mol. The molecule has 3 nitrogen and oxygen atoms in total. The van der Waals surface area contributed by atoms with Crippen LogP contribution in [0.25, 0.3) is 0 Å². The summed E-state index contributed by atoms with van der Waals surface area (Å²) in [5.74, 6) is -1.20. The second-order valence-electron chi connectivity index (χ2n) is 5.43. The molecule has 2 rings (SSSR count). The Morgan fingerprint density at radius 1 is 1.35 bits per heavy atom. The molecule has 0 bridgehead atoms. The number of rotatable bonds is 4. The molecule has 1 aromatic carbocycles. The topological polar surface area (TPSA) is 50.2 Å². The molecule has 1 N–H and O–H groups in total. The van der Waals surface area contributed by atoms with Crippen LogP contribution in [0.4, 0.5) is 4.39 Å². The molecule has 106 valence electrons. The molecule has 0 aliphatic heterocycles. The number of carboxylic acid groups (broad SMARTS) is 1. The van der Waals surface area contributed by atoms with E-state index in [2.05, 4.69) is 4.98 Å². The number of hydrogen-bond donors (Lipinski definition) is 1. The number of carbonyl (C=O) groups is 1. The van der Waals surface area contributed by atoms with Gasteiger partial charge in [-0.05, 0) is 31.0 Å². The van der Waals surface area contributed by atoms with Gasteiger partial charge in [-0.15, -0.1) is 11.3 Å². The van der Waals surface area contributed by atoms with Crippen LogP contribution in [0.15, 0.2) is 24.3 Å². The molecule has 0 atom stereocenters. The molecule has 0 unspecified atom stereocenters. The van der Waals surface area contributed by atoms with Gasteiger partial charge in [0.1, 0.15) is 10.7 Å². The van der Waals surface area contributed by atoms with Crippen molar-refractivity contribution in [2.24, 2.45) is 0 Å². The Balaban J connectivity index is 2.27. The number of aryl methyl sites for hydroxylation is 1. The average Bonchev–Trinajstić information content (AvgIpc) is 2.75. The summed E-state index contributed by atoms with van der Waals surface area (Å²) in [5, 5.41) is 9.88. The minimum Gasteiger partial charge on any atom is -0.477 e. The number of nitrogens with zero attached hydrogens (tertiary/aromatic N) is 1. The molecule has 1 heterocycles. The van der Waals surface area contributed by atoms with Gasteiger partial charge < -0.3 is 5.11 Å². The van der Waals surface area contributed by atoms with Crippen LogP contribution in [0.5, 0.6) is 0 Å². The summed E-state index contributed by atoms with van der Waals surface area (Å²) in [6.07, 6.45) is 0.680. The average molecular weight is 293 g/mol. The van der Waals surface area contributed by atoms with E-state index in [9.17, 15) is 9.18 Å². The minimum atomic E-state index is -0.941. The first-order valence-electron chi connectivity index (χ1n) is 6.25.